The van der Waals surface area contributed by atoms with Crippen molar-refractivity contribution in [3.8, 4) is 0 Å². The molecule has 1 fully saturated rings. The number of likely N-dealkylation sites (tertiary alicyclic amines) is 1. The lowest BCUT2D eigenvalue weighted by Gasteiger charge is -2.35. The predicted molar refractivity (Wildman–Crippen MR) is 62.5 cm³/mol. The Kier molecular flexibility index (Phi) is 3.17. The number of hydrogen-bond acceptors (Lipinski definition) is 3. The third-order valence-electron chi connectivity index (χ3n) is 2.84. The van der Waals surface area contributed by atoms with Crippen molar-refractivity contribution >= 4 is 11.9 Å². The molecule has 1 unspecified atom stereocenters. The molecule has 0 aromatic rings. The first kappa shape index (κ1) is 12.8. The monoisotopic (exact) mass is 227 g/mol. The summed E-state index contributed by atoms with van der Waals surface area (Å²) in [5.41, 5.74) is 4.36. The van der Waals surface area contributed by atoms with Crippen LogP contribution in [-0.4, -0.2) is 34.5 Å². The van der Waals surface area contributed by atoms with Gasteiger partial charge in [0.25, 0.3) is 0 Å². The predicted octanol–water partition coefficient (Wildman–Crippen LogP) is 1.71. The van der Waals surface area contributed by atoms with Gasteiger partial charge in [0.05, 0.1) is 0 Å². The average Bonchev–Trinajstić information content (AvgIpc) is 2.45. The molecule has 1 saturated heterocycles. The number of amidine groups is 1. The summed E-state index contributed by atoms with van der Waals surface area (Å²) in [6.45, 7) is 7.89. The summed E-state index contributed by atoms with van der Waals surface area (Å²) in [7, 11) is 0. The molecule has 5 heteroatoms. The van der Waals surface area contributed by atoms with Crippen molar-refractivity contribution < 1.29 is 9.53 Å². The minimum Gasteiger partial charge on any atom is -0.444 e. The quantitative estimate of drug-likeness (QED) is 0.528. The molecule has 3 N–H and O–H groups in total. The number of nitrogens with two attached hydrogens (primary N) is 1. The Bertz CT molecular complexity index is 309. The zero-order chi connectivity index (χ0) is 12.6. The molecule has 1 atom stereocenters. The van der Waals surface area contributed by atoms with Crippen LogP contribution in [0.4, 0.5) is 4.79 Å². The Labute approximate surface area is 96.4 Å². The van der Waals surface area contributed by atoms with E-state index in [2.05, 4.69) is 0 Å². The Morgan fingerprint density at radius 1 is 1.50 bits per heavy atom. The standard InChI is InChI=1S/C11H21N3O2/c1-10(2,3)16-9(15)14-7-5-6-11(14,4)8(12)13/h5-7H2,1-4H3,(H3,12,13). The molecule has 0 spiro atoms. The number of carbonyl (C=O) groups excluding carboxylic acids is 1. The van der Waals surface area contributed by atoms with Crippen molar-refractivity contribution in [2.45, 2.75) is 51.7 Å². The van der Waals surface area contributed by atoms with Gasteiger partial charge in [-0.1, -0.05) is 0 Å². The summed E-state index contributed by atoms with van der Waals surface area (Å²) in [6.07, 6.45) is 1.19. The van der Waals surface area contributed by atoms with E-state index >= 15 is 0 Å². The minimum absolute atomic E-state index is 0.0239. The van der Waals surface area contributed by atoms with Crippen LogP contribution in [0.1, 0.15) is 40.5 Å². The van der Waals surface area contributed by atoms with Crippen molar-refractivity contribution in [3.63, 3.8) is 0 Å². The maximum atomic E-state index is 11.9. The summed E-state index contributed by atoms with van der Waals surface area (Å²) in [4.78, 5) is 13.5. The largest absolute Gasteiger partial charge is 0.444 e. The van der Waals surface area contributed by atoms with E-state index in [4.69, 9.17) is 15.9 Å². The lowest BCUT2D eigenvalue weighted by atomic mass is 9.98. The van der Waals surface area contributed by atoms with Crippen molar-refractivity contribution in [2.24, 2.45) is 5.73 Å². The minimum atomic E-state index is -0.678. The maximum absolute atomic E-state index is 11.9. The fraction of sp³-hybridized carbons (Fsp3) is 0.818. The Morgan fingerprint density at radius 3 is 2.50 bits per heavy atom. The number of hydrogen-bond donors (Lipinski definition) is 2. The Hall–Kier alpha value is -1.26. The van der Waals surface area contributed by atoms with Crippen LogP contribution in [0.25, 0.3) is 0 Å². The molecule has 1 amide bonds. The van der Waals surface area contributed by atoms with Crippen molar-refractivity contribution in [1.29, 1.82) is 5.41 Å². The molecule has 0 aromatic carbocycles. The molecule has 16 heavy (non-hydrogen) atoms. The van der Waals surface area contributed by atoms with Crippen molar-refractivity contribution in [1.82, 2.24) is 4.90 Å². The van der Waals surface area contributed by atoms with Gasteiger partial charge in [-0.2, -0.15) is 0 Å². The van der Waals surface area contributed by atoms with Gasteiger partial charge < -0.3 is 10.5 Å². The summed E-state index contributed by atoms with van der Waals surface area (Å²) in [5, 5.41) is 7.57. The second-order valence-electron chi connectivity index (χ2n) is 5.42. The highest BCUT2D eigenvalue weighted by Gasteiger charge is 2.44. The summed E-state index contributed by atoms with van der Waals surface area (Å²) < 4.78 is 5.30. The number of amides is 1. The van der Waals surface area contributed by atoms with E-state index < -0.39 is 11.1 Å². The number of nitrogens with zero attached hydrogens (tertiary/aromatic N) is 1. The number of carbonyl (C=O) groups is 1. The highest BCUT2D eigenvalue weighted by atomic mass is 16.6. The molecular formula is C11H21N3O2. The van der Waals surface area contributed by atoms with Crippen LogP contribution >= 0.6 is 0 Å². The third kappa shape index (κ3) is 2.46. The Morgan fingerprint density at radius 2 is 2.06 bits per heavy atom. The highest BCUT2D eigenvalue weighted by Crippen LogP contribution is 2.30. The zero-order valence-corrected chi connectivity index (χ0v) is 10.5. The van der Waals surface area contributed by atoms with E-state index in [1.807, 2.05) is 27.7 Å². The van der Waals surface area contributed by atoms with Crippen molar-refractivity contribution in [3.05, 3.63) is 0 Å². The topological polar surface area (TPSA) is 79.4 Å². The normalized spacial score (nSPS) is 25.6. The second-order valence-corrected chi connectivity index (χ2v) is 5.42. The van der Waals surface area contributed by atoms with E-state index in [1.54, 1.807) is 4.90 Å². The smallest absolute Gasteiger partial charge is 0.411 e. The third-order valence-corrected chi connectivity index (χ3v) is 2.84. The lowest BCUT2D eigenvalue weighted by Crippen LogP contribution is -2.54. The van der Waals surface area contributed by atoms with Gasteiger partial charge in [0, 0.05) is 6.54 Å². The molecular weight excluding hydrogens is 206 g/mol. The fourth-order valence-corrected chi connectivity index (χ4v) is 1.85. The van der Waals surface area contributed by atoms with Gasteiger partial charge in [-0.3, -0.25) is 10.3 Å². The summed E-state index contributed by atoms with van der Waals surface area (Å²) in [6, 6.07) is 0. The van der Waals surface area contributed by atoms with Gasteiger partial charge in [-0.15, -0.1) is 0 Å². The summed E-state index contributed by atoms with van der Waals surface area (Å²) >= 11 is 0. The van der Waals surface area contributed by atoms with E-state index in [9.17, 15) is 4.79 Å². The van der Waals surface area contributed by atoms with Gasteiger partial charge >= 0.3 is 6.09 Å². The molecule has 1 aliphatic heterocycles. The van der Waals surface area contributed by atoms with Gasteiger partial charge in [-0.25, -0.2) is 4.79 Å². The molecule has 0 aliphatic carbocycles. The molecule has 1 rings (SSSR count). The van der Waals surface area contributed by atoms with Gasteiger partial charge in [0.1, 0.15) is 17.0 Å². The Balaban J connectivity index is 2.80. The second kappa shape index (κ2) is 3.96. The van der Waals surface area contributed by atoms with Crippen LogP contribution in [-0.2, 0) is 4.74 Å². The molecule has 1 heterocycles. The average molecular weight is 227 g/mol. The molecule has 5 nitrogen and oxygen atoms in total. The van der Waals surface area contributed by atoms with E-state index in [1.165, 1.54) is 0 Å². The first-order chi connectivity index (χ1) is 7.17. The summed E-state index contributed by atoms with van der Waals surface area (Å²) in [5.74, 6) is 0.0239. The molecule has 0 radical (unpaired) electrons. The molecule has 1 aliphatic rings. The van der Waals surface area contributed by atoms with Crippen LogP contribution in [0.5, 0.6) is 0 Å². The van der Waals surface area contributed by atoms with Crippen molar-refractivity contribution in [2.75, 3.05) is 6.54 Å². The van der Waals surface area contributed by atoms with Crippen LogP contribution in [0.2, 0.25) is 0 Å². The first-order valence-electron chi connectivity index (χ1n) is 5.52. The van der Waals surface area contributed by atoms with Crippen LogP contribution in [0.15, 0.2) is 0 Å². The van der Waals surface area contributed by atoms with Crippen LogP contribution < -0.4 is 5.73 Å². The van der Waals surface area contributed by atoms with Gasteiger partial charge in [-0.05, 0) is 40.5 Å². The molecule has 0 bridgehead atoms. The maximum Gasteiger partial charge on any atom is 0.411 e. The van der Waals surface area contributed by atoms with E-state index in [-0.39, 0.29) is 11.9 Å². The van der Waals surface area contributed by atoms with Gasteiger partial charge in [0.15, 0.2) is 0 Å². The van der Waals surface area contributed by atoms with Crippen LogP contribution in [0.3, 0.4) is 0 Å². The molecule has 92 valence electrons. The number of nitrogens with one attached hydrogen (secondary N) is 1. The number of ether oxygens (including phenoxy) is 1. The molecule has 0 saturated carbocycles. The van der Waals surface area contributed by atoms with E-state index in [0.717, 1.165) is 12.8 Å². The van der Waals surface area contributed by atoms with Gasteiger partial charge in [0.2, 0.25) is 0 Å². The first-order valence-corrected chi connectivity index (χ1v) is 5.52. The fourth-order valence-electron chi connectivity index (χ4n) is 1.85. The highest BCUT2D eigenvalue weighted by molar-refractivity contribution is 5.90. The SMILES string of the molecule is CC(C)(C)OC(=O)N1CCCC1(C)C(=N)N. The van der Waals surface area contributed by atoms with Crippen LogP contribution in [0, 0.1) is 5.41 Å². The van der Waals surface area contributed by atoms with E-state index in [0.29, 0.717) is 6.54 Å². The molecule has 0 aromatic heterocycles. The lowest BCUT2D eigenvalue weighted by molar-refractivity contribution is 0.0187. The zero-order valence-electron chi connectivity index (χ0n) is 10.5. The number of rotatable bonds is 1.